The summed E-state index contributed by atoms with van der Waals surface area (Å²) in [6.07, 6.45) is 5.44. The summed E-state index contributed by atoms with van der Waals surface area (Å²) < 4.78 is 0. The molecule has 0 radical (unpaired) electrons. The number of phenolic OH excluding ortho intramolecular Hbond substituents is 2. The Morgan fingerprint density at radius 1 is 0.692 bits per heavy atom. The van der Waals surface area contributed by atoms with E-state index in [1.165, 1.54) is 25.7 Å². The van der Waals surface area contributed by atoms with Crippen molar-refractivity contribution in [3.05, 3.63) is 87.9 Å². The molecule has 0 spiro atoms. The Morgan fingerprint density at radius 2 is 1.15 bits per heavy atom. The van der Waals surface area contributed by atoms with Gasteiger partial charge in [0.15, 0.2) is 0 Å². The van der Waals surface area contributed by atoms with Gasteiger partial charge in [-0.05, 0) is 48.5 Å². The molecule has 3 aromatic rings. The first-order valence-electron chi connectivity index (χ1n) is 8.17. The van der Waals surface area contributed by atoms with E-state index in [9.17, 15) is 0 Å². The quantitative estimate of drug-likeness (QED) is 0.377. The first kappa shape index (κ1) is 22.9. The maximum absolute atomic E-state index is 8.70. The molecule has 4 rings (SSSR count). The van der Waals surface area contributed by atoms with Gasteiger partial charge < -0.3 is 10.2 Å². The average Bonchev–Trinajstić information content (AvgIpc) is 3.10. The zero-order valence-corrected chi connectivity index (χ0v) is 18.3. The molecule has 3 aromatic carbocycles. The summed E-state index contributed by atoms with van der Waals surface area (Å²) >= 11 is 11.0. The van der Waals surface area contributed by atoms with Crippen LogP contribution in [0.2, 0.25) is 10.0 Å². The van der Waals surface area contributed by atoms with E-state index in [-0.39, 0.29) is 37.7 Å². The first-order valence-corrected chi connectivity index (χ1v) is 8.92. The van der Waals surface area contributed by atoms with Crippen LogP contribution >= 0.6 is 23.2 Å². The van der Waals surface area contributed by atoms with E-state index in [2.05, 4.69) is 18.2 Å². The number of halogens is 2. The Kier molecular flexibility index (Phi) is 10.8. The smallest absolute Gasteiger partial charge is 0.115 e. The second-order valence-corrected chi connectivity index (χ2v) is 6.61. The largest absolute Gasteiger partial charge is 0.508 e. The predicted molar refractivity (Wildman–Crippen MR) is 105 cm³/mol. The van der Waals surface area contributed by atoms with Gasteiger partial charge in [-0.2, -0.15) is 23.3 Å². The maximum atomic E-state index is 8.70. The summed E-state index contributed by atoms with van der Waals surface area (Å²) in [4.78, 5) is 0. The minimum Gasteiger partial charge on any atom is -0.508 e. The van der Waals surface area contributed by atoms with Crippen molar-refractivity contribution in [1.82, 2.24) is 0 Å². The molecule has 0 aromatic heterocycles. The van der Waals surface area contributed by atoms with Crippen molar-refractivity contribution in [3.8, 4) is 11.5 Å². The summed E-state index contributed by atoms with van der Waals surface area (Å²) in [5.41, 5.74) is 3.20. The zero-order valence-electron chi connectivity index (χ0n) is 14.3. The van der Waals surface area contributed by atoms with Crippen molar-refractivity contribution < 1.29 is 36.4 Å². The third-order valence-corrected chi connectivity index (χ3v) is 4.31. The van der Waals surface area contributed by atoms with E-state index in [4.69, 9.17) is 33.4 Å². The molecule has 0 heterocycles. The summed E-state index contributed by atoms with van der Waals surface area (Å²) in [6.45, 7) is 0. The number of benzene rings is 2. The van der Waals surface area contributed by atoms with Gasteiger partial charge in [0.25, 0.3) is 0 Å². The van der Waals surface area contributed by atoms with Crippen LogP contribution in [0, 0.1) is 0 Å². The Morgan fingerprint density at radius 3 is 1.58 bits per heavy atom. The van der Waals surface area contributed by atoms with Crippen LogP contribution < -0.4 is 0 Å². The number of phenols is 2. The van der Waals surface area contributed by atoms with Crippen LogP contribution in [0.5, 0.6) is 11.5 Å². The van der Waals surface area contributed by atoms with Gasteiger partial charge in [-0.15, -0.1) is 0 Å². The number of fused-ring (bicyclic) bond motifs is 1. The second-order valence-electron chi connectivity index (χ2n) is 5.74. The molecule has 0 saturated heterocycles. The van der Waals surface area contributed by atoms with E-state index in [1.54, 1.807) is 59.7 Å². The molecule has 2 N–H and O–H groups in total. The Hall–Kier alpha value is -1.15. The van der Waals surface area contributed by atoms with Gasteiger partial charge in [-0.1, -0.05) is 48.9 Å². The molecule has 0 saturated carbocycles. The SMILES string of the molecule is Oc1ccc(Cl)cc1.Oc1ccc(Cl)cc1.[Zr].c1cc2c([cH-]1)CCCC2. The van der Waals surface area contributed by atoms with Gasteiger partial charge >= 0.3 is 0 Å². The van der Waals surface area contributed by atoms with Gasteiger partial charge in [-0.25, -0.2) is 6.07 Å². The molecular formula is C21H21Cl2O2Zr-. The van der Waals surface area contributed by atoms with Crippen molar-refractivity contribution in [3.63, 3.8) is 0 Å². The fourth-order valence-electron chi connectivity index (χ4n) is 2.50. The van der Waals surface area contributed by atoms with Crippen LogP contribution in [-0.4, -0.2) is 10.2 Å². The van der Waals surface area contributed by atoms with Gasteiger partial charge in [0.1, 0.15) is 11.5 Å². The minimum atomic E-state index is 0. The normalized spacial score (nSPS) is 11.6. The molecule has 1 aliphatic carbocycles. The molecule has 0 unspecified atom stereocenters. The number of rotatable bonds is 0. The maximum Gasteiger partial charge on any atom is 0.115 e. The van der Waals surface area contributed by atoms with E-state index < -0.39 is 0 Å². The molecule has 136 valence electrons. The standard InChI is InChI=1S/C9H11.2C6H5ClO.Zr/c1-2-5-9-7-3-6-8(9)4-1;2*7-5-1-3-6(8)4-2-5;/h3,6-7H,1-2,4-5H2;2*1-4,8H;/q-1;;;. The molecule has 0 amide bonds. The third-order valence-electron chi connectivity index (χ3n) is 3.80. The topological polar surface area (TPSA) is 40.5 Å². The summed E-state index contributed by atoms with van der Waals surface area (Å²) in [6, 6.07) is 19.4. The van der Waals surface area contributed by atoms with Crippen molar-refractivity contribution >= 4 is 23.2 Å². The van der Waals surface area contributed by atoms with Gasteiger partial charge in [0, 0.05) is 36.2 Å². The minimum absolute atomic E-state index is 0. The predicted octanol–water partition coefficient (Wildman–Crippen LogP) is 6.37. The molecule has 1 aliphatic rings. The van der Waals surface area contributed by atoms with Crippen LogP contribution in [0.3, 0.4) is 0 Å². The summed E-state index contributed by atoms with van der Waals surface area (Å²) in [7, 11) is 0. The molecular weight excluding hydrogens is 446 g/mol. The van der Waals surface area contributed by atoms with E-state index in [1.807, 2.05) is 0 Å². The summed E-state index contributed by atoms with van der Waals surface area (Å²) in [5, 5.41) is 18.7. The van der Waals surface area contributed by atoms with Crippen LogP contribution in [0.25, 0.3) is 0 Å². The number of aromatic hydroxyl groups is 2. The van der Waals surface area contributed by atoms with Gasteiger partial charge in [0.2, 0.25) is 0 Å². The molecule has 0 atom stereocenters. The van der Waals surface area contributed by atoms with Crippen molar-refractivity contribution in [2.75, 3.05) is 0 Å². The van der Waals surface area contributed by atoms with Crippen LogP contribution in [0.15, 0.2) is 66.7 Å². The van der Waals surface area contributed by atoms with Gasteiger partial charge in [0.05, 0.1) is 0 Å². The molecule has 0 fully saturated rings. The Bertz CT molecular complexity index is 646. The van der Waals surface area contributed by atoms with E-state index >= 15 is 0 Å². The fraction of sp³-hybridized carbons (Fsp3) is 0.190. The molecule has 0 bridgehead atoms. The second kappa shape index (κ2) is 12.3. The zero-order chi connectivity index (χ0) is 18.1. The van der Waals surface area contributed by atoms with Crippen molar-refractivity contribution in [2.45, 2.75) is 25.7 Å². The van der Waals surface area contributed by atoms with Gasteiger partial charge in [-0.3, -0.25) is 0 Å². The van der Waals surface area contributed by atoms with E-state index in [0.717, 1.165) is 0 Å². The monoisotopic (exact) mass is 465 g/mol. The molecule has 2 nitrogen and oxygen atoms in total. The Labute approximate surface area is 183 Å². The number of aryl methyl sites for hydroxylation is 2. The van der Waals surface area contributed by atoms with E-state index in [0.29, 0.717) is 10.0 Å². The van der Waals surface area contributed by atoms with Crippen LogP contribution in [0.1, 0.15) is 24.0 Å². The number of hydrogen-bond acceptors (Lipinski definition) is 2. The summed E-state index contributed by atoms with van der Waals surface area (Å²) in [5.74, 6) is 0.490. The fourth-order valence-corrected chi connectivity index (χ4v) is 2.75. The molecule has 0 aliphatic heterocycles. The number of hydrogen-bond donors (Lipinski definition) is 2. The first-order chi connectivity index (χ1) is 12.0. The van der Waals surface area contributed by atoms with Crippen molar-refractivity contribution in [1.29, 1.82) is 0 Å². The third kappa shape index (κ3) is 8.49. The average molecular weight is 468 g/mol. The molecule has 26 heavy (non-hydrogen) atoms. The molecule has 5 heteroatoms. The van der Waals surface area contributed by atoms with Crippen LogP contribution in [-0.2, 0) is 39.0 Å². The Balaban J connectivity index is 0.000000192. The van der Waals surface area contributed by atoms with Crippen LogP contribution in [0.4, 0.5) is 0 Å². The van der Waals surface area contributed by atoms with Crippen molar-refractivity contribution in [2.24, 2.45) is 0 Å².